The summed E-state index contributed by atoms with van der Waals surface area (Å²) >= 11 is 0. The van der Waals surface area contributed by atoms with Crippen LogP contribution in [-0.4, -0.2) is 38.3 Å². The highest BCUT2D eigenvalue weighted by Crippen LogP contribution is 2.46. The van der Waals surface area contributed by atoms with E-state index >= 15 is 0 Å². The Morgan fingerprint density at radius 3 is 0.605 bits per heavy atom. The maximum Gasteiger partial charge on any atom is 0.0496 e. The van der Waals surface area contributed by atoms with Crippen molar-refractivity contribution in [3.05, 3.63) is 305 Å². The van der Waals surface area contributed by atoms with Gasteiger partial charge in [-0.2, -0.15) is 0 Å². The van der Waals surface area contributed by atoms with Crippen LogP contribution in [-0.2, 0) is 54.4 Å². The summed E-state index contributed by atoms with van der Waals surface area (Å²) in [5, 5.41) is 5.45. The van der Waals surface area contributed by atoms with Gasteiger partial charge in [0.15, 0.2) is 0 Å². The molecule has 0 saturated carbocycles. The largest absolute Gasteiger partial charge is 0.370 e. The molecule has 11 aromatic carbocycles. The van der Waals surface area contributed by atoms with E-state index in [1.165, 1.54) is 128 Å². The van der Waals surface area contributed by atoms with Gasteiger partial charge in [-0.15, -0.1) is 0 Å². The molecule has 6 heteroatoms. The second-order valence-electron chi connectivity index (χ2n) is 50.4. The standard InChI is InChI=1S/C32H51N.C24H33N.C24H35N.C16H17N.C16H19N.C11H17N/c1-28(2,3)22-16-23(29(4,5)6)19-26(18-22)33(32(13,14)15)27-20-24(30(7,8)9)17-25(21-27)31(10,11)12;1-22(2,3)16-10-12-20-18(14-16)19-15-17(23(4,5)6)11-13-21(19)25(20)24(7,8)9;1-22(2,3)18-10-14-20(15-11-18)25(24(7,8)9)21-16-12-19(13-17-21)23(4,5)6;1-16(2,3)17-14-10-6-4-8-12(14)13-9-5-7-11-15(13)17;1-16(2,3)17(14-10-6-4-7-11-14)15-12-8-5-9-13-15;1-11(2,3)12(4)10-8-6-5-7-9-10/h16-21H,1-15H3;10-15H,1-9H3;10-17H,1-9H3;4-11H,1-3H3;4-13H,1-3H3;5-9H,1-4H3. The predicted molar refractivity (Wildman–Crippen MR) is 577 cm³/mol. The molecule has 0 radical (unpaired) electrons. The fraction of sp³-hybridized carbons (Fsp3) is 0.463. The molecule has 694 valence electrons. The molecule has 13 rings (SSSR count). The van der Waals surface area contributed by atoms with E-state index in [0.717, 1.165) is 0 Å². The molecule has 0 amide bonds. The number of anilines is 7. The minimum atomic E-state index is -0.0721. The molecule has 0 aliphatic carbocycles. The van der Waals surface area contributed by atoms with Gasteiger partial charge < -0.3 is 28.7 Å². The maximum atomic E-state index is 2.56. The third kappa shape index (κ3) is 27.2. The molecular weight excluding hydrogens is 1560 g/mol. The van der Waals surface area contributed by atoms with Crippen LogP contribution in [0.25, 0.3) is 43.6 Å². The van der Waals surface area contributed by atoms with Crippen molar-refractivity contribution < 1.29 is 0 Å². The molecule has 0 atom stereocenters. The summed E-state index contributed by atoms with van der Waals surface area (Å²) < 4.78 is 4.92. The van der Waals surface area contributed by atoms with Crippen molar-refractivity contribution in [2.24, 2.45) is 0 Å². The Bertz CT molecular complexity index is 5420. The van der Waals surface area contributed by atoms with Crippen molar-refractivity contribution >= 4 is 83.4 Å². The predicted octanol–water partition coefficient (Wildman–Crippen LogP) is 36.3. The third-order valence-electron chi connectivity index (χ3n) is 24.4. The Labute approximate surface area is 786 Å². The van der Waals surface area contributed by atoms with Gasteiger partial charge in [-0.25, -0.2) is 0 Å². The fourth-order valence-corrected chi connectivity index (χ4v) is 16.7. The first-order valence-corrected chi connectivity index (χ1v) is 47.7. The molecule has 0 fully saturated rings. The summed E-state index contributed by atoms with van der Waals surface area (Å²) in [7, 11) is 2.12. The minimum Gasteiger partial charge on any atom is -0.370 e. The Morgan fingerprint density at radius 1 is 0.163 bits per heavy atom. The summed E-state index contributed by atoms with van der Waals surface area (Å²) in [5.74, 6) is 0. The zero-order chi connectivity index (χ0) is 97.1. The van der Waals surface area contributed by atoms with Gasteiger partial charge in [0.25, 0.3) is 0 Å². The second kappa shape index (κ2) is 38.9. The lowest BCUT2D eigenvalue weighted by molar-refractivity contribution is 0.423. The second-order valence-corrected chi connectivity index (χ2v) is 50.4. The molecule has 6 nitrogen and oxygen atoms in total. The van der Waals surface area contributed by atoms with Crippen molar-refractivity contribution in [1.29, 1.82) is 0 Å². The quantitative estimate of drug-likeness (QED) is 0.159. The zero-order valence-electron chi connectivity index (χ0n) is 89.0. The van der Waals surface area contributed by atoms with Gasteiger partial charge in [0.05, 0.1) is 0 Å². The summed E-state index contributed by atoms with van der Waals surface area (Å²) in [5.41, 5.74) is 26.5. The zero-order valence-corrected chi connectivity index (χ0v) is 89.0. The monoisotopic (exact) mass is 1730 g/mol. The molecule has 0 aliphatic rings. The van der Waals surface area contributed by atoms with E-state index in [0.29, 0.717) is 0 Å². The molecule has 129 heavy (non-hydrogen) atoms. The number of rotatable bonds is 7. The first-order valence-electron chi connectivity index (χ1n) is 47.7. The van der Waals surface area contributed by atoms with Crippen LogP contribution in [0.1, 0.15) is 335 Å². The summed E-state index contributed by atoms with van der Waals surface area (Å²) in [4.78, 5) is 9.60. The molecule has 0 saturated heterocycles. The van der Waals surface area contributed by atoms with Crippen molar-refractivity contribution in [2.45, 2.75) is 367 Å². The lowest BCUT2D eigenvalue weighted by atomic mass is 9.79. The summed E-state index contributed by atoms with van der Waals surface area (Å²) in [6.07, 6.45) is 0. The van der Waals surface area contributed by atoms with Gasteiger partial charge in [-0.1, -0.05) is 306 Å². The van der Waals surface area contributed by atoms with Crippen LogP contribution in [0, 0.1) is 0 Å². The van der Waals surface area contributed by atoms with Crippen molar-refractivity contribution in [2.75, 3.05) is 26.6 Å². The van der Waals surface area contributed by atoms with E-state index in [1.54, 1.807) is 0 Å². The highest BCUT2D eigenvalue weighted by Gasteiger charge is 2.34. The van der Waals surface area contributed by atoms with E-state index in [9.17, 15) is 0 Å². The molecule has 0 N–H and O–H groups in total. The Kier molecular flexibility index (Phi) is 31.6. The van der Waals surface area contributed by atoms with Crippen LogP contribution in [0.4, 0.5) is 39.8 Å². The van der Waals surface area contributed by atoms with Crippen LogP contribution in [0.3, 0.4) is 0 Å². The van der Waals surface area contributed by atoms with E-state index in [-0.39, 0.29) is 76.6 Å². The van der Waals surface area contributed by atoms with Gasteiger partial charge in [0.1, 0.15) is 0 Å². The van der Waals surface area contributed by atoms with Gasteiger partial charge in [-0.3, -0.25) is 0 Å². The molecule has 13 aromatic rings. The number of para-hydroxylation sites is 5. The number of hydrogen-bond acceptors (Lipinski definition) is 4. The molecule has 2 heterocycles. The Hall–Kier alpha value is -9.78. The topological polar surface area (TPSA) is 22.8 Å². The molecular formula is C123H172N6. The van der Waals surface area contributed by atoms with E-state index in [1.807, 2.05) is 6.07 Å². The molecule has 0 spiro atoms. The first kappa shape index (κ1) is 105. The fourth-order valence-electron chi connectivity index (χ4n) is 16.7. The lowest BCUT2D eigenvalue weighted by Gasteiger charge is -2.41. The first-order chi connectivity index (χ1) is 58.8. The number of hydrogen-bond donors (Lipinski definition) is 0. The Morgan fingerprint density at radius 2 is 0.372 bits per heavy atom. The van der Waals surface area contributed by atoms with E-state index in [4.69, 9.17) is 0 Å². The lowest BCUT2D eigenvalue weighted by Crippen LogP contribution is -2.38. The smallest absolute Gasteiger partial charge is 0.0496 e. The number of aromatic nitrogens is 2. The van der Waals surface area contributed by atoms with Crippen LogP contribution in [0.15, 0.2) is 261 Å². The maximum absolute atomic E-state index is 2.56. The Balaban J connectivity index is 0.000000196. The molecule has 0 bridgehead atoms. The highest BCUT2D eigenvalue weighted by atomic mass is 15.2. The van der Waals surface area contributed by atoms with Crippen LogP contribution in [0.2, 0.25) is 0 Å². The van der Waals surface area contributed by atoms with Gasteiger partial charge in [0.2, 0.25) is 0 Å². The van der Waals surface area contributed by atoms with E-state index in [2.05, 4.69) is 581 Å². The van der Waals surface area contributed by atoms with Crippen LogP contribution < -0.4 is 19.6 Å². The van der Waals surface area contributed by atoms with Crippen molar-refractivity contribution in [3.63, 3.8) is 0 Å². The van der Waals surface area contributed by atoms with Gasteiger partial charge in [0, 0.05) is 124 Å². The number of fused-ring (bicyclic) bond motifs is 6. The minimum absolute atomic E-state index is 0.00645. The van der Waals surface area contributed by atoms with Gasteiger partial charge >= 0.3 is 0 Å². The average Bonchev–Trinajstić information content (AvgIpc) is 1.41. The molecule has 0 unspecified atom stereocenters. The number of benzene rings is 11. The van der Waals surface area contributed by atoms with Crippen molar-refractivity contribution in [3.8, 4) is 0 Å². The summed E-state index contributed by atoms with van der Waals surface area (Å²) in [6, 6.07) is 95.4. The van der Waals surface area contributed by atoms with Crippen LogP contribution in [0.5, 0.6) is 0 Å². The number of nitrogens with zero attached hydrogens (tertiary/aromatic N) is 6. The third-order valence-corrected chi connectivity index (χ3v) is 24.4. The SMILES string of the molecule is CC(C)(C)N(c1ccccc1)c1ccccc1.CC(C)(C)c1cc(N(c2cc(C(C)(C)C)cc(C(C)(C)C)c2)C(C)(C)C)cc(C(C)(C)C)c1.CC(C)(C)c1ccc(N(c2ccc(C(C)(C)C)cc2)C(C)(C)C)cc1.CC(C)(C)c1ccc2c(c1)c1cc(C(C)(C)C)ccc1n2C(C)(C)C.CC(C)(C)n1c2ccccc2c2ccccc21.CN(c1ccccc1)C(C)(C)C. The molecule has 2 aromatic heterocycles. The molecule has 0 aliphatic heterocycles. The average molecular weight is 1730 g/mol. The van der Waals surface area contributed by atoms with Crippen molar-refractivity contribution in [1.82, 2.24) is 9.13 Å². The van der Waals surface area contributed by atoms with E-state index < -0.39 is 0 Å². The van der Waals surface area contributed by atoms with Gasteiger partial charge in [-0.05, 0) is 334 Å². The normalized spacial score (nSPS) is 12.9. The highest BCUT2D eigenvalue weighted by molar-refractivity contribution is 6.09. The summed E-state index contributed by atoms with van der Waals surface area (Å²) in [6.45, 7) is 95.8. The van der Waals surface area contributed by atoms with Crippen LogP contribution >= 0.6 is 0 Å².